The van der Waals surface area contributed by atoms with E-state index in [2.05, 4.69) is 82.8 Å². The molecular weight excluding hydrogens is 841 g/mol. The molecule has 0 saturated heterocycles. The van der Waals surface area contributed by atoms with Crippen molar-refractivity contribution in [1.29, 1.82) is 0 Å². The minimum Gasteiger partial charge on any atom is -0.458 e. The Labute approximate surface area is 421 Å². The summed E-state index contributed by atoms with van der Waals surface area (Å²) in [5.74, 6) is 1.79. The van der Waals surface area contributed by atoms with Crippen molar-refractivity contribution in [3.8, 4) is 62.1 Å². The van der Waals surface area contributed by atoms with Crippen LogP contribution in [0.5, 0.6) is 11.5 Å². The Balaban J connectivity index is 1.16. The summed E-state index contributed by atoms with van der Waals surface area (Å²) in [6.45, 7) is 7.51. The maximum atomic E-state index is 9.26. The molecule has 5 nitrogen and oxygen atoms in total. The van der Waals surface area contributed by atoms with E-state index in [4.69, 9.17) is 22.1 Å². The molecule has 0 fully saturated rings. The Morgan fingerprint density at radius 1 is 0.565 bits per heavy atom. The molecule has 11 rings (SSSR count). The summed E-state index contributed by atoms with van der Waals surface area (Å²) in [5, 5.41) is 2.08. The minimum atomic E-state index is -2.69. The number of nitrogens with zero attached hydrogens (tertiary/aromatic N) is 4. The van der Waals surface area contributed by atoms with E-state index in [0.29, 0.717) is 50.6 Å². The largest absolute Gasteiger partial charge is 0.458 e. The second-order valence-corrected chi connectivity index (χ2v) is 19.5. The van der Waals surface area contributed by atoms with Gasteiger partial charge in [0.25, 0.3) is 6.33 Å². The van der Waals surface area contributed by atoms with E-state index in [0.717, 1.165) is 44.3 Å². The van der Waals surface area contributed by atoms with Gasteiger partial charge in [0.05, 0.1) is 40.3 Å². The van der Waals surface area contributed by atoms with Gasteiger partial charge in [0.15, 0.2) is 0 Å². The summed E-state index contributed by atoms with van der Waals surface area (Å²) >= 11 is 0. The average Bonchev–Trinajstić information content (AvgIpc) is 4.19. The van der Waals surface area contributed by atoms with Gasteiger partial charge in [-0.3, -0.25) is 13.7 Å². The standard InChI is InChI=1S/C64H56N4O/c1-42-18-14-19-43(2)61(42)46-30-33-57-59(37-46)66(41-67(57)62-52(44-20-10-9-11-21-44)27-17-28-53(62)45-22-15-23-47(36-45)63(3,4)5)49-24-16-25-50(39-49)69-51-31-32-55-54-26-12-13-29-56(54)68(58(55)40-51)60-38-48(34-35-65-60)64(6,7)8/h9-40H,1-8H3/i1D3,2D3,9D,10D,11D,20D,21D. The van der Waals surface area contributed by atoms with Gasteiger partial charge in [-0.2, -0.15) is 0 Å². The lowest BCUT2D eigenvalue weighted by Crippen LogP contribution is -2.31. The van der Waals surface area contributed by atoms with Gasteiger partial charge >= 0.3 is 0 Å². The van der Waals surface area contributed by atoms with E-state index >= 15 is 0 Å². The fraction of sp³-hybridized carbons (Fsp3) is 0.156. The van der Waals surface area contributed by atoms with Crippen molar-refractivity contribution in [1.82, 2.24) is 14.1 Å². The van der Waals surface area contributed by atoms with E-state index in [9.17, 15) is 2.74 Å². The molecular formula is C64H56N4O. The average molecular weight is 908 g/mol. The summed E-state index contributed by atoms with van der Waals surface area (Å²) in [7, 11) is 0. The lowest BCUT2D eigenvalue weighted by molar-refractivity contribution is -0.571. The highest BCUT2D eigenvalue weighted by Gasteiger charge is 2.23. The second kappa shape index (κ2) is 16.9. The van der Waals surface area contributed by atoms with Crippen molar-refractivity contribution in [2.45, 2.75) is 66.1 Å². The molecule has 0 amide bonds. The zero-order chi connectivity index (χ0) is 57.0. The maximum absolute atomic E-state index is 9.26. The summed E-state index contributed by atoms with van der Waals surface area (Å²) in [5.41, 5.74) is 7.56. The van der Waals surface area contributed by atoms with Crippen molar-refractivity contribution in [2.24, 2.45) is 0 Å². The Kier molecular flexibility index (Phi) is 8.01. The van der Waals surface area contributed by atoms with E-state index in [1.165, 1.54) is 18.2 Å². The van der Waals surface area contributed by atoms with Crippen molar-refractivity contribution >= 4 is 32.8 Å². The highest BCUT2D eigenvalue weighted by molar-refractivity contribution is 6.09. The number of hydrogen-bond donors (Lipinski definition) is 0. The summed E-state index contributed by atoms with van der Waals surface area (Å²) < 4.78 is 109. The highest BCUT2D eigenvalue weighted by atomic mass is 16.5. The molecule has 0 spiro atoms. The van der Waals surface area contributed by atoms with Crippen LogP contribution in [-0.2, 0) is 10.8 Å². The van der Waals surface area contributed by atoms with E-state index < -0.39 is 31.8 Å². The van der Waals surface area contributed by atoms with Gasteiger partial charge in [-0.25, -0.2) is 4.98 Å². The molecule has 0 atom stereocenters. The van der Waals surface area contributed by atoms with E-state index in [1.807, 2.05) is 85.1 Å². The van der Waals surface area contributed by atoms with Gasteiger partial charge in [0, 0.05) is 31.3 Å². The van der Waals surface area contributed by atoms with Crippen LogP contribution < -0.4 is 9.30 Å². The molecule has 11 aromatic rings. The molecule has 0 unspecified atom stereocenters. The Morgan fingerprint density at radius 3 is 2.04 bits per heavy atom. The first-order valence-electron chi connectivity index (χ1n) is 28.5. The molecule has 0 radical (unpaired) electrons. The van der Waals surface area contributed by atoms with Crippen molar-refractivity contribution < 1.29 is 24.4 Å². The Hall–Kier alpha value is -8.02. The summed E-state index contributed by atoms with van der Waals surface area (Å²) in [6.07, 6.45) is 5.44. The van der Waals surface area contributed by atoms with Crippen molar-refractivity contribution in [3.63, 3.8) is 0 Å². The predicted octanol–water partition coefficient (Wildman–Crippen LogP) is 16.2. The van der Waals surface area contributed by atoms with Gasteiger partial charge < -0.3 is 4.74 Å². The molecule has 3 aromatic heterocycles. The molecule has 0 N–H and O–H groups in total. The zero-order valence-corrected chi connectivity index (χ0v) is 39.3. The fourth-order valence-electron chi connectivity index (χ4n) is 9.33. The lowest BCUT2D eigenvalue weighted by atomic mass is 9.85. The second-order valence-electron chi connectivity index (χ2n) is 19.5. The van der Waals surface area contributed by atoms with Crippen LogP contribution in [0.4, 0.5) is 0 Å². The molecule has 5 heteroatoms. The first kappa shape index (κ1) is 32.6. The summed E-state index contributed by atoms with van der Waals surface area (Å²) in [4.78, 5) is 4.86. The molecule has 3 heterocycles. The van der Waals surface area contributed by atoms with Gasteiger partial charge in [-0.05, 0) is 135 Å². The molecule has 8 aromatic carbocycles. The molecule has 0 bridgehead atoms. The van der Waals surface area contributed by atoms with Crippen LogP contribution in [0, 0.1) is 20.0 Å². The number of para-hydroxylation sites is 2. The fourth-order valence-corrected chi connectivity index (χ4v) is 9.33. The number of rotatable bonds is 8. The SMILES string of the molecule is [2H]c1c([2H])c([2H])c(-c2cccc(-c3cccc(C(C)(C)C)c3)c2-[n+]2[c-]n(-c3cccc(Oc4ccc5c6ccccc6n(-c6cc(C(C)(C)C)ccn6)c5c4)c3)c3cc(-c4c(C([2H])([2H])[2H])cccc4C([2H])([2H])[2H])ccc32)c([2H])c1[2H]. The number of ether oxygens (including phenoxy) is 1. The third-order valence-corrected chi connectivity index (χ3v) is 12.9. The third-order valence-electron chi connectivity index (χ3n) is 12.9. The minimum absolute atomic E-state index is 0.0173. The number of benzene rings is 8. The van der Waals surface area contributed by atoms with Crippen LogP contribution in [0.25, 0.3) is 83.4 Å². The molecule has 69 heavy (non-hydrogen) atoms. The highest BCUT2D eigenvalue weighted by Crippen LogP contribution is 2.39. The smallest absolute Gasteiger partial charge is 0.269 e. The monoisotopic (exact) mass is 908 g/mol. The van der Waals surface area contributed by atoms with Crippen molar-refractivity contribution in [2.75, 3.05) is 0 Å². The first-order chi connectivity index (χ1) is 37.8. The molecule has 0 aliphatic rings. The van der Waals surface area contributed by atoms with Gasteiger partial charge in [-0.1, -0.05) is 169 Å². The normalized spacial score (nSPS) is 14.7. The molecule has 338 valence electrons. The van der Waals surface area contributed by atoms with Crippen molar-refractivity contribution in [3.05, 3.63) is 223 Å². The lowest BCUT2D eigenvalue weighted by Gasteiger charge is -2.21. The number of pyridine rings is 1. The van der Waals surface area contributed by atoms with Crippen LogP contribution in [0.2, 0.25) is 0 Å². The first-order valence-corrected chi connectivity index (χ1v) is 23.0. The number of imidazole rings is 1. The quantitative estimate of drug-likeness (QED) is 0.112. The number of aromatic nitrogens is 4. The topological polar surface area (TPSA) is 35.9 Å². The predicted molar refractivity (Wildman–Crippen MR) is 285 cm³/mol. The number of fused-ring (bicyclic) bond motifs is 4. The molecule has 0 aliphatic heterocycles. The molecule has 0 aliphatic carbocycles. The van der Waals surface area contributed by atoms with Crippen LogP contribution in [0.3, 0.4) is 0 Å². The number of hydrogen-bond acceptors (Lipinski definition) is 2. The maximum Gasteiger partial charge on any atom is 0.269 e. The van der Waals surface area contributed by atoms with Gasteiger partial charge in [0.1, 0.15) is 17.3 Å². The van der Waals surface area contributed by atoms with Crippen LogP contribution in [-0.4, -0.2) is 14.1 Å². The zero-order valence-electron chi connectivity index (χ0n) is 50.3. The number of aryl methyl sites for hydroxylation is 2. The molecule has 0 saturated carbocycles. The van der Waals surface area contributed by atoms with Gasteiger partial charge in [-0.15, -0.1) is 0 Å². The summed E-state index contributed by atoms with van der Waals surface area (Å²) in [6, 6.07) is 46.5. The Bertz CT molecular complexity index is 4230. The third kappa shape index (κ3) is 7.98. The van der Waals surface area contributed by atoms with E-state index in [1.54, 1.807) is 39.5 Å². The van der Waals surface area contributed by atoms with Crippen LogP contribution >= 0.6 is 0 Å². The Morgan fingerprint density at radius 2 is 1.26 bits per heavy atom. The van der Waals surface area contributed by atoms with Crippen LogP contribution in [0.15, 0.2) is 194 Å². The van der Waals surface area contributed by atoms with Crippen LogP contribution in [0.1, 0.15) is 78.9 Å². The van der Waals surface area contributed by atoms with Gasteiger partial charge in [0.2, 0.25) is 0 Å². The van der Waals surface area contributed by atoms with E-state index in [-0.39, 0.29) is 45.2 Å².